The van der Waals surface area contributed by atoms with Crippen molar-refractivity contribution in [1.82, 2.24) is 30.1 Å². The summed E-state index contributed by atoms with van der Waals surface area (Å²) in [6.45, 7) is 11.2. The molecule has 3 heterocycles. The molecule has 0 bridgehead atoms. The molecule has 5 aromatic rings. The second-order valence-electron chi connectivity index (χ2n) is 10.7. The first-order valence-corrected chi connectivity index (χ1v) is 13.5. The molecule has 0 aliphatic rings. The lowest BCUT2D eigenvalue weighted by molar-refractivity contribution is 0.168. The van der Waals surface area contributed by atoms with Gasteiger partial charge in [0.05, 0.1) is 18.3 Å². The summed E-state index contributed by atoms with van der Waals surface area (Å²) in [5, 5.41) is 14.6. The van der Waals surface area contributed by atoms with Gasteiger partial charge in [-0.15, -0.1) is 5.10 Å². The van der Waals surface area contributed by atoms with Crippen LogP contribution in [0.5, 0.6) is 0 Å². The summed E-state index contributed by atoms with van der Waals surface area (Å²) in [5.74, 6) is 1.33. The second-order valence-corrected chi connectivity index (χ2v) is 11.1. The van der Waals surface area contributed by atoms with Crippen molar-refractivity contribution in [2.75, 3.05) is 0 Å². The maximum atomic E-state index is 13.8. The number of hydrogen-bond acceptors (Lipinski definition) is 6. The van der Waals surface area contributed by atoms with Crippen LogP contribution in [0.3, 0.4) is 0 Å². The smallest absolute Gasteiger partial charge is 0.253 e. The van der Waals surface area contributed by atoms with Crippen LogP contribution >= 0.6 is 11.6 Å². The standard InChI is InChI=1S/C30H33ClN6O2/c1-6-30(4,5)37-28(33-34-35-37)27(24-16-23-20(3)14-19(2)15-26(23)32-29(24)38)36(18-22-11-9-13-39-22)17-21-10-7-8-12-25(21)31/h7-16,27H,6,17-18H2,1-5H3,(H,32,38). The number of nitrogens with one attached hydrogen (secondary N) is 1. The van der Waals surface area contributed by atoms with Crippen molar-refractivity contribution in [2.45, 2.75) is 65.7 Å². The quantitative estimate of drug-likeness (QED) is 0.233. The van der Waals surface area contributed by atoms with Crippen LogP contribution in [0.25, 0.3) is 10.9 Å². The Hall–Kier alpha value is -3.75. The third-order valence-corrected chi connectivity index (χ3v) is 7.82. The van der Waals surface area contributed by atoms with E-state index in [0.29, 0.717) is 29.5 Å². The molecule has 0 fully saturated rings. The van der Waals surface area contributed by atoms with Gasteiger partial charge in [0.25, 0.3) is 5.56 Å². The highest BCUT2D eigenvalue weighted by atomic mass is 35.5. The number of furan rings is 1. The van der Waals surface area contributed by atoms with Crippen molar-refractivity contribution in [1.29, 1.82) is 0 Å². The van der Waals surface area contributed by atoms with Crippen molar-refractivity contribution >= 4 is 22.5 Å². The molecule has 0 aliphatic heterocycles. The van der Waals surface area contributed by atoms with Gasteiger partial charge in [0.15, 0.2) is 5.82 Å². The molecular formula is C30H33ClN6O2. The maximum Gasteiger partial charge on any atom is 0.253 e. The number of pyridine rings is 1. The highest BCUT2D eigenvalue weighted by Crippen LogP contribution is 2.34. The van der Waals surface area contributed by atoms with Gasteiger partial charge in [-0.25, -0.2) is 4.68 Å². The first-order chi connectivity index (χ1) is 18.7. The normalized spacial score (nSPS) is 12.9. The molecule has 0 radical (unpaired) electrons. The Morgan fingerprint density at radius 1 is 1.10 bits per heavy atom. The zero-order chi connectivity index (χ0) is 27.7. The highest BCUT2D eigenvalue weighted by molar-refractivity contribution is 6.31. The number of nitrogens with zero attached hydrogens (tertiary/aromatic N) is 5. The maximum absolute atomic E-state index is 13.8. The molecule has 0 saturated carbocycles. The third kappa shape index (κ3) is 5.40. The molecule has 5 rings (SSSR count). The van der Waals surface area contributed by atoms with Crippen LogP contribution in [0, 0.1) is 13.8 Å². The lowest BCUT2D eigenvalue weighted by atomic mass is 9.97. The fraction of sp³-hybridized carbons (Fsp3) is 0.333. The van der Waals surface area contributed by atoms with E-state index in [0.717, 1.165) is 39.8 Å². The Balaban J connectivity index is 1.77. The highest BCUT2D eigenvalue weighted by Gasteiger charge is 2.35. The molecule has 1 unspecified atom stereocenters. The van der Waals surface area contributed by atoms with Crippen LogP contribution in [0.4, 0.5) is 0 Å². The third-order valence-electron chi connectivity index (χ3n) is 7.45. The number of H-pyrrole nitrogens is 1. The molecule has 39 heavy (non-hydrogen) atoms. The van der Waals surface area contributed by atoms with Crippen LogP contribution in [0.15, 0.2) is 70.1 Å². The van der Waals surface area contributed by atoms with Crippen LogP contribution in [0.1, 0.15) is 67.1 Å². The van der Waals surface area contributed by atoms with Crippen molar-refractivity contribution in [3.05, 3.63) is 110 Å². The number of aryl methyl sites for hydroxylation is 2. The summed E-state index contributed by atoms with van der Waals surface area (Å²) < 4.78 is 7.61. The average molecular weight is 545 g/mol. The number of hydrogen-bond donors (Lipinski definition) is 1. The molecule has 0 amide bonds. The minimum atomic E-state index is -0.596. The Bertz CT molecular complexity index is 1650. The molecule has 0 spiro atoms. The number of aromatic amines is 1. The SMILES string of the molecule is CCC(C)(C)n1nnnc1C(c1cc2c(C)cc(C)cc2[nH]c1=O)N(Cc1ccco1)Cc1ccccc1Cl. The minimum Gasteiger partial charge on any atom is -0.468 e. The first-order valence-electron chi connectivity index (χ1n) is 13.1. The average Bonchev–Trinajstić information content (AvgIpc) is 3.59. The fourth-order valence-electron chi connectivity index (χ4n) is 5.02. The lowest BCUT2D eigenvalue weighted by Crippen LogP contribution is -2.38. The molecule has 202 valence electrons. The Kier molecular flexibility index (Phi) is 7.42. The van der Waals surface area contributed by atoms with Gasteiger partial charge >= 0.3 is 0 Å². The minimum absolute atomic E-state index is 0.190. The largest absolute Gasteiger partial charge is 0.468 e. The number of aromatic nitrogens is 5. The van der Waals surface area contributed by atoms with E-state index >= 15 is 0 Å². The van der Waals surface area contributed by atoms with Crippen LogP contribution in [-0.2, 0) is 18.6 Å². The monoisotopic (exact) mass is 544 g/mol. The topological polar surface area (TPSA) is 92.8 Å². The van der Waals surface area contributed by atoms with E-state index in [9.17, 15) is 4.79 Å². The molecule has 0 aliphatic carbocycles. The summed E-state index contributed by atoms with van der Waals surface area (Å²) >= 11 is 6.63. The predicted molar refractivity (Wildman–Crippen MR) is 153 cm³/mol. The van der Waals surface area contributed by atoms with Gasteiger partial charge in [-0.2, -0.15) is 0 Å². The van der Waals surface area contributed by atoms with Crippen molar-refractivity contribution in [3.8, 4) is 0 Å². The molecule has 1 N–H and O–H groups in total. The summed E-state index contributed by atoms with van der Waals surface area (Å²) in [4.78, 5) is 19.1. The summed E-state index contributed by atoms with van der Waals surface area (Å²) in [5.41, 5.74) is 3.88. The van der Waals surface area contributed by atoms with Crippen molar-refractivity contribution < 1.29 is 4.42 Å². The summed E-state index contributed by atoms with van der Waals surface area (Å²) in [7, 11) is 0. The lowest BCUT2D eigenvalue weighted by Gasteiger charge is -2.33. The number of rotatable bonds is 9. The van der Waals surface area contributed by atoms with E-state index in [2.05, 4.69) is 59.2 Å². The summed E-state index contributed by atoms with van der Waals surface area (Å²) in [6, 6.07) is 17.0. The molecular weight excluding hydrogens is 512 g/mol. The van der Waals surface area contributed by atoms with Gasteiger partial charge in [0, 0.05) is 28.0 Å². The van der Waals surface area contributed by atoms with Gasteiger partial charge in [-0.05, 0) is 91.6 Å². The van der Waals surface area contributed by atoms with E-state index in [-0.39, 0.29) is 11.1 Å². The first kappa shape index (κ1) is 26.8. The molecule has 2 aromatic carbocycles. The van der Waals surface area contributed by atoms with Crippen LogP contribution < -0.4 is 5.56 Å². The molecule has 0 saturated heterocycles. The number of halogens is 1. The predicted octanol–water partition coefficient (Wildman–Crippen LogP) is 6.31. The number of benzene rings is 2. The van der Waals surface area contributed by atoms with Gasteiger partial charge < -0.3 is 9.40 Å². The fourth-order valence-corrected chi connectivity index (χ4v) is 5.22. The van der Waals surface area contributed by atoms with Crippen LogP contribution in [0.2, 0.25) is 5.02 Å². The Labute approximate surface area is 232 Å². The summed E-state index contributed by atoms with van der Waals surface area (Å²) in [6.07, 6.45) is 2.45. The second kappa shape index (κ2) is 10.8. The number of tetrazole rings is 1. The van der Waals surface area contributed by atoms with E-state index < -0.39 is 6.04 Å². The van der Waals surface area contributed by atoms with Gasteiger partial charge in [-0.3, -0.25) is 9.69 Å². The molecule has 1 atom stereocenters. The Morgan fingerprint density at radius 3 is 2.62 bits per heavy atom. The molecule has 9 heteroatoms. The number of fused-ring (bicyclic) bond motifs is 1. The van der Waals surface area contributed by atoms with E-state index in [1.807, 2.05) is 60.1 Å². The van der Waals surface area contributed by atoms with E-state index in [1.165, 1.54) is 0 Å². The van der Waals surface area contributed by atoms with Crippen LogP contribution in [-0.4, -0.2) is 30.1 Å². The van der Waals surface area contributed by atoms with Crippen molar-refractivity contribution in [3.63, 3.8) is 0 Å². The zero-order valence-corrected chi connectivity index (χ0v) is 23.7. The zero-order valence-electron chi connectivity index (χ0n) is 22.9. The van der Waals surface area contributed by atoms with E-state index in [4.69, 9.17) is 16.0 Å². The van der Waals surface area contributed by atoms with Gasteiger partial charge in [-0.1, -0.05) is 42.8 Å². The van der Waals surface area contributed by atoms with E-state index in [1.54, 1.807) is 6.26 Å². The molecule has 3 aromatic heterocycles. The van der Waals surface area contributed by atoms with Gasteiger partial charge in [0.1, 0.15) is 11.8 Å². The molecule has 8 nitrogen and oxygen atoms in total. The van der Waals surface area contributed by atoms with Crippen molar-refractivity contribution in [2.24, 2.45) is 0 Å². The Morgan fingerprint density at radius 2 is 1.90 bits per heavy atom. The van der Waals surface area contributed by atoms with Gasteiger partial charge in [0.2, 0.25) is 0 Å².